The Bertz CT molecular complexity index is 1660. The molecule has 2 N–H and O–H groups in total. The van der Waals surface area contributed by atoms with Crippen LogP contribution < -0.4 is 5.73 Å². The number of hydrogen-bond donors (Lipinski definition) is 1. The van der Waals surface area contributed by atoms with Crippen molar-refractivity contribution in [2.24, 2.45) is 0 Å². The van der Waals surface area contributed by atoms with Gasteiger partial charge < -0.3 is 15.4 Å². The summed E-state index contributed by atoms with van der Waals surface area (Å²) in [6.07, 6.45) is 4.70. The number of imidazole rings is 1. The van der Waals surface area contributed by atoms with Crippen molar-refractivity contribution in [3.8, 4) is 0 Å². The molecule has 6 rings (SSSR count). The number of sulfone groups is 1. The summed E-state index contributed by atoms with van der Waals surface area (Å²) >= 11 is 0. The second-order valence-corrected chi connectivity index (χ2v) is 12.3. The average Bonchev–Trinajstić information content (AvgIpc) is 3.60. The summed E-state index contributed by atoms with van der Waals surface area (Å²) in [5, 5.41) is -0.289. The van der Waals surface area contributed by atoms with Crippen molar-refractivity contribution >= 4 is 38.1 Å². The van der Waals surface area contributed by atoms with Crippen LogP contribution in [0.15, 0.2) is 53.8 Å². The summed E-state index contributed by atoms with van der Waals surface area (Å²) in [6.45, 7) is 4.15. The molecule has 0 spiro atoms. The minimum Gasteiger partial charge on any atom is -0.382 e. The standard InChI is InChI=1S/C26H27N5O4S/c1-26(2)19-11-17(36(33,34)16-5-6-16)7-8-18(19)23(13-35-26)30(3)25(32)15-4-9-20-21(10-15)31-14-28-12-22(31)24(27)29-20/h4,7-12,14,16,23H,5-6,13H2,1-3H3,(H2,27,29)/t23-/m1/s1. The topological polar surface area (TPSA) is 120 Å². The van der Waals surface area contributed by atoms with Crippen LogP contribution in [0.1, 0.15) is 54.2 Å². The second kappa shape index (κ2) is 7.75. The molecule has 1 amide bonds. The molecule has 2 aromatic carbocycles. The first kappa shape index (κ1) is 22.9. The fourth-order valence-corrected chi connectivity index (χ4v) is 6.70. The van der Waals surface area contributed by atoms with Crippen LogP contribution in [0.4, 0.5) is 5.82 Å². The van der Waals surface area contributed by atoms with Crippen LogP contribution in [0, 0.1) is 0 Å². The molecule has 0 saturated heterocycles. The Morgan fingerprint density at radius 3 is 2.69 bits per heavy atom. The minimum atomic E-state index is -3.34. The van der Waals surface area contributed by atoms with E-state index in [9.17, 15) is 13.2 Å². The van der Waals surface area contributed by atoms with E-state index in [2.05, 4.69) is 9.97 Å². The van der Waals surface area contributed by atoms with Gasteiger partial charge in [0.15, 0.2) is 9.84 Å². The second-order valence-electron chi connectivity index (χ2n) is 10.1. The van der Waals surface area contributed by atoms with Crippen LogP contribution in [0.2, 0.25) is 0 Å². The SMILES string of the molecule is CN(C(=O)c1ccc2nc(N)c3cncn3c2c1)[C@@H]1COC(C)(C)c2cc(S(=O)(=O)C3CC3)ccc21. The molecule has 0 radical (unpaired) electrons. The lowest BCUT2D eigenvalue weighted by molar-refractivity contribution is -0.0613. The highest BCUT2D eigenvalue weighted by molar-refractivity contribution is 7.92. The zero-order chi connectivity index (χ0) is 25.4. The van der Waals surface area contributed by atoms with Crippen LogP contribution in [-0.4, -0.2) is 52.5 Å². The van der Waals surface area contributed by atoms with Gasteiger partial charge in [0, 0.05) is 12.6 Å². The predicted molar refractivity (Wildman–Crippen MR) is 135 cm³/mol. The molecule has 9 nitrogen and oxygen atoms in total. The van der Waals surface area contributed by atoms with Crippen LogP contribution in [0.3, 0.4) is 0 Å². The highest BCUT2D eigenvalue weighted by atomic mass is 32.2. The zero-order valence-corrected chi connectivity index (χ0v) is 21.1. The number of nitrogens with two attached hydrogens (primary N) is 1. The van der Waals surface area contributed by atoms with E-state index in [1.807, 2.05) is 24.3 Å². The molecular formula is C26H27N5O4S. The van der Waals surface area contributed by atoms with Gasteiger partial charge >= 0.3 is 0 Å². The lowest BCUT2D eigenvalue weighted by Crippen LogP contribution is -2.41. The average molecular weight is 506 g/mol. The van der Waals surface area contributed by atoms with Crippen LogP contribution >= 0.6 is 0 Å². The molecule has 186 valence electrons. The molecule has 4 aromatic rings. The first-order chi connectivity index (χ1) is 17.1. The van der Waals surface area contributed by atoms with E-state index in [0.717, 1.165) is 16.6 Å². The van der Waals surface area contributed by atoms with E-state index in [1.165, 1.54) is 0 Å². The number of fused-ring (bicyclic) bond motifs is 4. The Morgan fingerprint density at radius 2 is 1.94 bits per heavy atom. The molecule has 0 unspecified atom stereocenters. The van der Waals surface area contributed by atoms with Gasteiger partial charge in [-0.05, 0) is 68.1 Å². The number of amides is 1. The van der Waals surface area contributed by atoms with Gasteiger partial charge in [-0.25, -0.2) is 18.4 Å². The van der Waals surface area contributed by atoms with Crippen LogP contribution in [0.25, 0.3) is 16.6 Å². The number of nitrogen functional groups attached to an aromatic ring is 1. The molecule has 2 aromatic heterocycles. The molecule has 2 aliphatic rings. The summed E-state index contributed by atoms with van der Waals surface area (Å²) in [7, 11) is -1.60. The van der Waals surface area contributed by atoms with Crippen LogP contribution in [0.5, 0.6) is 0 Å². The Labute approximate surface area is 208 Å². The number of carbonyl (C=O) groups excluding carboxylic acids is 1. The summed E-state index contributed by atoms with van der Waals surface area (Å²) < 4.78 is 33.7. The fourth-order valence-electron chi connectivity index (χ4n) is 5.02. The fraction of sp³-hybridized carbons (Fsp3) is 0.346. The van der Waals surface area contributed by atoms with Gasteiger partial charge in [0.25, 0.3) is 5.91 Å². The third kappa shape index (κ3) is 3.47. The normalized spacial score (nSPS) is 19.4. The molecule has 36 heavy (non-hydrogen) atoms. The molecule has 1 aliphatic heterocycles. The smallest absolute Gasteiger partial charge is 0.254 e. The van der Waals surface area contributed by atoms with Crippen molar-refractivity contribution in [2.45, 2.75) is 48.5 Å². The number of nitrogens with zero attached hydrogens (tertiary/aromatic N) is 4. The van der Waals surface area contributed by atoms with Crippen molar-refractivity contribution in [2.75, 3.05) is 19.4 Å². The highest BCUT2D eigenvalue weighted by Gasteiger charge is 2.41. The number of carbonyl (C=O) groups is 1. The molecule has 1 atom stereocenters. The number of likely N-dealkylation sites (N-methyl/N-ethyl adjacent to an activating group) is 1. The Morgan fingerprint density at radius 1 is 1.17 bits per heavy atom. The van der Waals surface area contributed by atoms with Crippen molar-refractivity contribution in [1.82, 2.24) is 19.3 Å². The van der Waals surface area contributed by atoms with Gasteiger partial charge in [0.2, 0.25) is 0 Å². The maximum Gasteiger partial charge on any atom is 0.254 e. The van der Waals surface area contributed by atoms with Gasteiger partial charge in [-0.2, -0.15) is 0 Å². The Balaban J connectivity index is 1.38. The number of hydrogen-bond acceptors (Lipinski definition) is 7. The number of benzene rings is 2. The third-order valence-electron chi connectivity index (χ3n) is 7.34. The number of rotatable bonds is 4. The third-order valence-corrected chi connectivity index (χ3v) is 9.60. The number of aromatic nitrogens is 3. The summed E-state index contributed by atoms with van der Waals surface area (Å²) in [4.78, 5) is 24.2. The van der Waals surface area contributed by atoms with E-state index in [0.29, 0.717) is 46.8 Å². The minimum absolute atomic E-state index is 0.184. The summed E-state index contributed by atoms with van der Waals surface area (Å²) in [5.74, 6) is 0.189. The van der Waals surface area contributed by atoms with Gasteiger partial charge in [-0.1, -0.05) is 6.07 Å². The molecule has 10 heteroatoms. The van der Waals surface area contributed by atoms with E-state index < -0.39 is 15.4 Å². The quantitative estimate of drug-likeness (QED) is 0.451. The first-order valence-electron chi connectivity index (χ1n) is 11.9. The van der Waals surface area contributed by atoms with Gasteiger partial charge in [-0.3, -0.25) is 9.20 Å². The first-order valence-corrected chi connectivity index (χ1v) is 13.4. The van der Waals surface area contributed by atoms with E-state index >= 15 is 0 Å². The van der Waals surface area contributed by atoms with Crippen molar-refractivity contribution in [3.05, 3.63) is 65.6 Å². The maximum atomic E-state index is 13.6. The Hall–Kier alpha value is -3.50. The Kier molecular flexibility index (Phi) is 4.94. The lowest BCUT2D eigenvalue weighted by Gasteiger charge is -2.41. The van der Waals surface area contributed by atoms with E-state index in [1.54, 1.807) is 54.8 Å². The highest BCUT2D eigenvalue weighted by Crippen LogP contribution is 2.42. The van der Waals surface area contributed by atoms with Crippen molar-refractivity contribution < 1.29 is 17.9 Å². The zero-order valence-electron chi connectivity index (χ0n) is 20.3. The van der Waals surface area contributed by atoms with E-state index in [4.69, 9.17) is 10.5 Å². The summed E-state index contributed by atoms with van der Waals surface area (Å²) in [6, 6.07) is 10.2. The lowest BCUT2D eigenvalue weighted by atomic mass is 9.86. The monoisotopic (exact) mass is 505 g/mol. The molecule has 1 saturated carbocycles. The maximum absolute atomic E-state index is 13.6. The molecular weight excluding hydrogens is 478 g/mol. The number of ether oxygens (including phenoxy) is 1. The summed E-state index contributed by atoms with van der Waals surface area (Å²) in [5.41, 5.74) is 9.60. The van der Waals surface area contributed by atoms with Crippen LogP contribution in [-0.2, 0) is 20.2 Å². The molecule has 3 heterocycles. The van der Waals surface area contributed by atoms with Crippen molar-refractivity contribution in [3.63, 3.8) is 0 Å². The van der Waals surface area contributed by atoms with E-state index in [-0.39, 0.29) is 17.2 Å². The van der Waals surface area contributed by atoms with Crippen molar-refractivity contribution in [1.29, 1.82) is 0 Å². The molecule has 1 aliphatic carbocycles. The molecule has 1 fully saturated rings. The van der Waals surface area contributed by atoms with Gasteiger partial charge in [0.1, 0.15) is 11.3 Å². The largest absolute Gasteiger partial charge is 0.382 e. The van der Waals surface area contributed by atoms with Gasteiger partial charge in [0.05, 0.1) is 52.0 Å². The predicted octanol–water partition coefficient (Wildman–Crippen LogP) is 3.48. The molecule has 0 bridgehead atoms. The number of anilines is 1. The van der Waals surface area contributed by atoms with Gasteiger partial charge in [-0.15, -0.1) is 0 Å².